The minimum absolute atomic E-state index is 0.190. The van der Waals surface area contributed by atoms with Gasteiger partial charge < -0.3 is 9.30 Å². The highest BCUT2D eigenvalue weighted by Crippen LogP contribution is 2.58. The van der Waals surface area contributed by atoms with E-state index in [1.807, 2.05) is 0 Å². The number of aryl methyl sites for hydroxylation is 2. The van der Waals surface area contributed by atoms with E-state index in [2.05, 4.69) is 148 Å². The van der Waals surface area contributed by atoms with E-state index < -0.39 is 10.0 Å². The second-order valence-corrected chi connectivity index (χ2v) is 17.2. The molecule has 0 bridgehead atoms. The Morgan fingerprint density at radius 3 is 2.05 bits per heavy atom. The molecule has 0 atom stereocenters. The molecule has 0 unspecified atom stereocenters. The number of para-hydroxylation sites is 3. The number of rotatable bonds is 5. The molecule has 3 heteroatoms. The maximum Gasteiger partial charge on any atom is 0.155 e. The molecule has 6 aromatic rings. The molecular weight excluding hydrogens is 543 g/mol. The standard InChI is InChI=1S/C40H41NOS/c1-8-26-16-10-11-17-28(26)30-25-31-29-18-12-13-21-34(29)41(36(31)24-27(30)9-2)35-22-14-19-32-38(35)42-39-33(40(32,3)4)20-15-23-37(39)43(5,6)7/h10-25H,8-9H2,1-7H3. The lowest BCUT2D eigenvalue weighted by atomic mass is 9.75. The van der Waals surface area contributed by atoms with E-state index in [0.29, 0.717) is 0 Å². The van der Waals surface area contributed by atoms with Gasteiger partial charge in [0.25, 0.3) is 0 Å². The van der Waals surface area contributed by atoms with Crippen molar-refractivity contribution in [3.05, 3.63) is 119 Å². The molecule has 0 aliphatic carbocycles. The molecule has 1 aliphatic heterocycles. The third-order valence-electron chi connectivity index (χ3n) is 9.39. The predicted molar refractivity (Wildman–Crippen MR) is 187 cm³/mol. The van der Waals surface area contributed by atoms with Crippen LogP contribution < -0.4 is 4.74 Å². The number of ether oxygens (including phenoxy) is 1. The maximum absolute atomic E-state index is 7.10. The second kappa shape index (κ2) is 10.1. The first-order valence-corrected chi connectivity index (χ1v) is 18.3. The third kappa shape index (κ3) is 4.24. The van der Waals surface area contributed by atoms with Gasteiger partial charge in [-0.15, -0.1) is 0 Å². The van der Waals surface area contributed by atoms with Gasteiger partial charge in [-0.25, -0.2) is 10.0 Å². The first kappa shape index (κ1) is 27.9. The van der Waals surface area contributed by atoms with Gasteiger partial charge >= 0.3 is 0 Å². The highest BCUT2D eigenvalue weighted by Gasteiger charge is 2.38. The molecule has 2 heterocycles. The average Bonchev–Trinajstić information content (AvgIpc) is 3.32. The van der Waals surface area contributed by atoms with Crippen molar-refractivity contribution in [2.24, 2.45) is 0 Å². The van der Waals surface area contributed by atoms with Gasteiger partial charge in [0, 0.05) is 32.2 Å². The van der Waals surface area contributed by atoms with Gasteiger partial charge in [0.15, 0.2) is 5.75 Å². The van der Waals surface area contributed by atoms with Crippen LogP contribution in [0.25, 0.3) is 38.6 Å². The van der Waals surface area contributed by atoms with Crippen molar-refractivity contribution in [3.63, 3.8) is 0 Å². The Morgan fingerprint density at radius 2 is 1.30 bits per heavy atom. The van der Waals surface area contributed by atoms with E-state index >= 15 is 0 Å². The monoisotopic (exact) mass is 583 g/mol. The summed E-state index contributed by atoms with van der Waals surface area (Å²) in [5, 5.41) is 2.55. The fraction of sp³-hybridized carbons (Fsp3) is 0.250. The minimum Gasteiger partial charge on any atom is -0.453 e. The van der Waals surface area contributed by atoms with Crippen molar-refractivity contribution >= 4 is 31.8 Å². The molecule has 0 fully saturated rings. The van der Waals surface area contributed by atoms with E-state index in [9.17, 15) is 0 Å². The fourth-order valence-electron chi connectivity index (χ4n) is 7.10. The quantitative estimate of drug-likeness (QED) is 0.197. The second-order valence-electron chi connectivity index (χ2n) is 13.1. The summed E-state index contributed by atoms with van der Waals surface area (Å²) in [5.41, 5.74) is 11.3. The topological polar surface area (TPSA) is 14.2 Å². The molecule has 1 aromatic heterocycles. The summed E-state index contributed by atoms with van der Waals surface area (Å²) in [4.78, 5) is 1.33. The Balaban J connectivity index is 1.54. The van der Waals surface area contributed by atoms with Crippen LogP contribution in [-0.2, 0) is 18.3 Å². The molecule has 218 valence electrons. The van der Waals surface area contributed by atoms with Gasteiger partial charge in [-0.1, -0.05) is 94.4 Å². The van der Waals surface area contributed by atoms with Crippen molar-refractivity contribution in [2.45, 2.75) is 50.8 Å². The van der Waals surface area contributed by atoms with Gasteiger partial charge in [0.1, 0.15) is 5.75 Å². The number of aromatic nitrogens is 1. The average molecular weight is 584 g/mol. The zero-order valence-electron chi connectivity index (χ0n) is 26.4. The summed E-state index contributed by atoms with van der Waals surface area (Å²) in [6, 6.07) is 36.0. The normalized spacial score (nSPS) is 14.4. The van der Waals surface area contributed by atoms with Crippen LogP contribution >= 0.6 is 10.0 Å². The summed E-state index contributed by atoms with van der Waals surface area (Å²) in [7, 11) is -1.01. The number of hydrogen-bond acceptors (Lipinski definition) is 1. The van der Waals surface area contributed by atoms with Crippen LogP contribution in [0.4, 0.5) is 0 Å². The summed E-state index contributed by atoms with van der Waals surface area (Å²) >= 11 is 0. The predicted octanol–water partition coefficient (Wildman–Crippen LogP) is 11.1. The SMILES string of the molecule is CCc1ccccc1-c1cc2c3ccccc3n(-c3cccc4c3Oc3c(cccc3S(C)(C)C)C4(C)C)c2cc1CC. The van der Waals surface area contributed by atoms with Gasteiger partial charge in [-0.05, 0) is 84.2 Å². The Morgan fingerprint density at radius 1 is 0.628 bits per heavy atom. The molecule has 0 saturated carbocycles. The van der Waals surface area contributed by atoms with Crippen molar-refractivity contribution in [1.29, 1.82) is 0 Å². The van der Waals surface area contributed by atoms with Crippen molar-refractivity contribution < 1.29 is 4.74 Å². The molecule has 7 rings (SSSR count). The Kier molecular flexibility index (Phi) is 6.52. The van der Waals surface area contributed by atoms with Crippen LogP contribution in [0.1, 0.15) is 49.9 Å². The molecule has 0 radical (unpaired) electrons. The van der Waals surface area contributed by atoms with Gasteiger partial charge in [0.05, 0.1) is 16.7 Å². The number of nitrogens with zero attached hydrogens (tertiary/aromatic N) is 1. The van der Waals surface area contributed by atoms with E-state index in [-0.39, 0.29) is 5.41 Å². The Hall–Kier alpha value is -3.95. The summed E-state index contributed by atoms with van der Waals surface area (Å²) in [6.45, 7) is 9.21. The zero-order chi connectivity index (χ0) is 30.1. The van der Waals surface area contributed by atoms with Crippen LogP contribution in [0.2, 0.25) is 0 Å². The van der Waals surface area contributed by atoms with Crippen molar-refractivity contribution in [1.82, 2.24) is 4.57 Å². The lowest BCUT2D eigenvalue weighted by Crippen LogP contribution is -2.25. The number of hydrogen-bond donors (Lipinski definition) is 0. The molecule has 0 N–H and O–H groups in total. The molecule has 1 aliphatic rings. The van der Waals surface area contributed by atoms with Crippen LogP contribution in [0.15, 0.2) is 102 Å². The van der Waals surface area contributed by atoms with E-state index in [1.54, 1.807) is 0 Å². The highest BCUT2D eigenvalue weighted by molar-refractivity contribution is 8.32. The molecule has 0 spiro atoms. The van der Waals surface area contributed by atoms with E-state index in [1.165, 1.54) is 60.1 Å². The minimum atomic E-state index is -1.01. The summed E-state index contributed by atoms with van der Waals surface area (Å²) in [6.07, 6.45) is 9.05. The maximum atomic E-state index is 7.10. The van der Waals surface area contributed by atoms with Crippen molar-refractivity contribution in [2.75, 3.05) is 18.8 Å². The van der Waals surface area contributed by atoms with Crippen LogP contribution in [-0.4, -0.2) is 23.3 Å². The van der Waals surface area contributed by atoms with Crippen LogP contribution in [0.5, 0.6) is 11.5 Å². The zero-order valence-corrected chi connectivity index (χ0v) is 27.2. The first-order valence-electron chi connectivity index (χ1n) is 15.4. The fourth-order valence-corrected chi connectivity index (χ4v) is 8.29. The Labute approximate surface area is 257 Å². The largest absolute Gasteiger partial charge is 0.453 e. The number of benzene rings is 5. The molecule has 2 nitrogen and oxygen atoms in total. The highest BCUT2D eigenvalue weighted by atomic mass is 32.3. The number of fused-ring (bicyclic) bond motifs is 5. The van der Waals surface area contributed by atoms with Gasteiger partial charge in [0.2, 0.25) is 0 Å². The molecule has 0 amide bonds. The molecular formula is C40H41NOS. The molecule has 0 saturated heterocycles. The molecule has 5 aromatic carbocycles. The first-order chi connectivity index (χ1) is 20.6. The Bertz CT molecular complexity index is 2040. The van der Waals surface area contributed by atoms with Crippen molar-refractivity contribution in [3.8, 4) is 28.3 Å². The van der Waals surface area contributed by atoms with E-state index in [4.69, 9.17) is 4.74 Å². The lowest BCUT2D eigenvalue weighted by molar-refractivity contribution is 0.407. The molecule has 43 heavy (non-hydrogen) atoms. The van der Waals surface area contributed by atoms with Gasteiger partial charge in [-0.3, -0.25) is 0 Å². The van der Waals surface area contributed by atoms with E-state index in [0.717, 1.165) is 30.0 Å². The summed E-state index contributed by atoms with van der Waals surface area (Å²) < 4.78 is 9.55. The smallest absolute Gasteiger partial charge is 0.155 e. The van der Waals surface area contributed by atoms with Crippen LogP contribution in [0, 0.1) is 0 Å². The van der Waals surface area contributed by atoms with Crippen LogP contribution in [0.3, 0.4) is 0 Å². The summed E-state index contributed by atoms with van der Waals surface area (Å²) in [5.74, 6) is 2.01. The van der Waals surface area contributed by atoms with Gasteiger partial charge in [-0.2, -0.15) is 0 Å². The lowest BCUT2D eigenvalue weighted by Gasteiger charge is -2.39. The third-order valence-corrected chi connectivity index (χ3v) is 11.0.